The monoisotopic (exact) mass is 200 g/mol. The van der Waals surface area contributed by atoms with Crippen LogP contribution < -0.4 is 5.73 Å². The van der Waals surface area contributed by atoms with Crippen molar-refractivity contribution in [3.8, 4) is 0 Å². The topological polar surface area (TPSA) is 55.6 Å². The molecule has 1 heterocycles. The SMILES string of the molecule is CCC[C@H](N)C(=O)N1CCC(OC)C1. The molecule has 0 aromatic rings. The Morgan fingerprint density at radius 1 is 1.71 bits per heavy atom. The fourth-order valence-electron chi connectivity index (χ4n) is 1.79. The van der Waals surface area contributed by atoms with E-state index >= 15 is 0 Å². The molecule has 1 saturated heterocycles. The lowest BCUT2D eigenvalue weighted by atomic mass is 10.1. The van der Waals surface area contributed by atoms with E-state index in [2.05, 4.69) is 0 Å². The maximum absolute atomic E-state index is 11.7. The first kappa shape index (κ1) is 11.5. The van der Waals surface area contributed by atoms with Gasteiger partial charge in [-0.25, -0.2) is 0 Å². The van der Waals surface area contributed by atoms with E-state index in [9.17, 15) is 4.79 Å². The van der Waals surface area contributed by atoms with Crippen molar-refractivity contribution in [3.05, 3.63) is 0 Å². The van der Waals surface area contributed by atoms with Gasteiger partial charge in [0.2, 0.25) is 5.91 Å². The lowest BCUT2D eigenvalue weighted by Crippen LogP contribution is -2.42. The molecule has 4 heteroatoms. The first-order chi connectivity index (χ1) is 6.69. The van der Waals surface area contributed by atoms with E-state index in [1.54, 1.807) is 7.11 Å². The van der Waals surface area contributed by atoms with Crippen molar-refractivity contribution in [2.75, 3.05) is 20.2 Å². The van der Waals surface area contributed by atoms with Gasteiger partial charge in [-0.2, -0.15) is 0 Å². The third-order valence-corrected chi connectivity index (χ3v) is 2.71. The quantitative estimate of drug-likeness (QED) is 0.713. The smallest absolute Gasteiger partial charge is 0.239 e. The summed E-state index contributed by atoms with van der Waals surface area (Å²) in [7, 11) is 1.69. The summed E-state index contributed by atoms with van der Waals surface area (Å²) >= 11 is 0. The molecule has 1 aliphatic rings. The average Bonchev–Trinajstić information content (AvgIpc) is 2.65. The van der Waals surface area contributed by atoms with Gasteiger partial charge in [-0.3, -0.25) is 4.79 Å². The molecule has 0 bridgehead atoms. The van der Waals surface area contributed by atoms with Crippen molar-refractivity contribution >= 4 is 5.91 Å². The number of nitrogens with zero attached hydrogens (tertiary/aromatic N) is 1. The van der Waals surface area contributed by atoms with Crippen LogP contribution in [0.3, 0.4) is 0 Å². The molecule has 1 rings (SSSR count). The lowest BCUT2D eigenvalue weighted by molar-refractivity contribution is -0.132. The molecule has 0 saturated carbocycles. The van der Waals surface area contributed by atoms with E-state index in [1.165, 1.54) is 0 Å². The van der Waals surface area contributed by atoms with Crippen LogP contribution in [0.25, 0.3) is 0 Å². The Kier molecular flexibility index (Phi) is 4.35. The Morgan fingerprint density at radius 2 is 2.43 bits per heavy atom. The van der Waals surface area contributed by atoms with E-state index in [0.717, 1.165) is 25.8 Å². The maximum Gasteiger partial charge on any atom is 0.239 e. The minimum Gasteiger partial charge on any atom is -0.380 e. The van der Waals surface area contributed by atoms with Crippen LogP contribution in [0, 0.1) is 0 Å². The van der Waals surface area contributed by atoms with E-state index in [1.807, 2.05) is 11.8 Å². The molecule has 1 unspecified atom stereocenters. The van der Waals surface area contributed by atoms with Crippen LogP contribution in [-0.4, -0.2) is 43.2 Å². The summed E-state index contributed by atoms with van der Waals surface area (Å²) in [5.41, 5.74) is 5.76. The van der Waals surface area contributed by atoms with Gasteiger partial charge in [0, 0.05) is 20.2 Å². The summed E-state index contributed by atoms with van der Waals surface area (Å²) < 4.78 is 5.20. The zero-order chi connectivity index (χ0) is 10.6. The summed E-state index contributed by atoms with van der Waals surface area (Å²) in [6, 6.07) is -0.324. The van der Waals surface area contributed by atoms with Gasteiger partial charge in [-0.15, -0.1) is 0 Å². The first-order valence-corrected chi connectivity index (χ1v) is 5.26. The Labute approximate surface area is 85.4 Å². The number of nitrogens with two attached hydrogens (primary N) is 1. The van der Waals surface area contributed by atoms with Gasteiger partial charge in [0.1, 0.15) is 0 Å². The van der Waals surface area contributed by atoms with Crippen molar-refractivity contribution in [2.45, 2.75) is 38.3 Å². The van der Waals surface area contributed by atoms with Crippen LogP contribution in [-0.2, 0) is 9.53 Å². The maximum atomic E-state index is 11.7. The molecule has 0 aliphatic carbocycles. The summed E-state index contributed by atoms with van der Waals surface area (Å²) in [5, 5.41) is 0. The number of carbonyl (C=O) groups is 1. The number of carbonyl (C=O) groups excluding carboxylic acids is 1. The van der Waals surface area contributed by atoms with Crippen LogP contribution in [0.5, 0.6) is 0 Å². The molecule has 1 fully saturated rings. The molecular weight excluding hydrogens is 180 g/mol. The predicted octanol–water partition coefficient (Wildman–Crippen LogP) is 0.361. The second-order valence-corrected chi connectivity index (χ2v) is 3.83. The minimum atomic E-state index is -0.324. The standard InChI is InChI=1S/C10H20N2O2/c1-3-4-9(11)10(13)12-6-5-8(7-12)14-2/h8-9H,3-7,11H2,1-2H3/t8?,9-/m0/s1. The van der Waals surface area contributed by atoms with Crippen LogP contribution in [0.4, 0.5) is 0 Å². The molecule has 0 aromatic heterocycles. The zero-order valence-corrected chi connectivity index (χ0v) is 9.03. The minimum absolute atomic E-state index is 0.0754. The van der Waals surface area contributed by atoms with Gasteiger partial charge in [0.25, 0.3) is 0 Å². The largest absolute Gasteiger partial charge is 0.380 e. The average molecular weight is 200 g/mol. The van der Waals surface area contributed by atoms with Crippen molar-refractivity contribution < 1.29 is 9.53 Å². The first-order valence-electron chi connectivity index (χ1n) is 5.26. The van der Waals surface area contributed by atoms with Crippen molar-refractivity contribution in [2.24, 2.45) is 5.73 Å². The number of rotatable bonds is 4. The molecule has 1 aliphatic heterocycles. The molecule has 0 spiro atoms. The Hall–Kier alpha value is -0.610. The second kappa shape index (κ2) is 5.32. The molecule has 0 radical (unpaired) electrons. The highest BCUT2D eigenvalue weighted by Gasteiger charge is 2.28. The molecule has 14 heavy (non-hydrogen) atoms. The number of ether oxygens (including phenoxy) is 1. The summed E-state index contributed by atoms with van der Waals surface area (Å²) in [6.07, 6.45) is 2.86. The van der Waals surface area contributed by atoms with Crippen molar-refractivity contribution in [1.82, 2.24) is 4.90 Å². The summed E-state index contributed by atoms with van der Waals surface area (Å²) in [4.78, 5) is 13.6. The Balaban J connectivity index is 2.38. The van der Waals surface area contributed by atoms with Gasteiger partial charge in [-0.05, 0) is 12.8 Å². The van der Waals surface area contributed by atoms with Gasteiger partial charge in [0.15, 0.2) is 0 Å². The second-order valence-electron chi connectivity index (χ2n) is 3.83. The van der Waals surface area contributed by atoms with Crippen LogP contribution in [0.1, 0.15) is 26.2 Å². The fraction of sp³-hybridized carbons (Fsp3) is 0.900. The van der Waals surface area contributed by atoms with Crippen molar-refractivity contribution in [1.29, 1.82) is 0 Å². The summed E-state index contributed by atoms with van der Waals surface area (Å²) in [6.45, 7) is 3.52. The van der Waals surface area contributed by atoms with E-state index in [0.29, 0.717) is 6.54 Å². The predicted molar refractivity (Wildman–Crippen MR) is 54.9 cm³/mol. The van der Waals surface area contributed by atoms with E-state index < -0.39 is 0 Å². The van der Waals surface area contributed by atoms with Crippen LogP contribution >= 0.6 is 0 Å². The fourth-order valence-corrected chi connectivity index (χ4v) is 1.79. The number of methoxy groups -OCH3 is 1. The number of hydrogen-bond acceptors (Lipinski definition) is 3. The van der Waals surface area contributed by atoms with Gasteiger partial charge in [-0.1, -0.05) is 13.3 Å². The van der Waals surface area contributed by atoms with E-state index in [4.69, 9.17) is 10.5 Å². The molecule has 4 nitrogen and oxygen atoms in total. The van der Waals surface area contributed by atoms with E-state index in [-0.39, 0.29) is 18.1 Å². The lowest BCUT2D eigenvalue weighted by Gasteiger charge is -2.20. The zero-order valence-electron chi connectivity index (χ0n) is 9.03. The highest BCUT2D eigenvalue weighted by atomic mass is 16.5. The Bertz CT molecular complexity index is 197. The molecule has 0 aromatic carbocycles. The number of likely N-dealkylation sites (tertiary alicyclic amines) is 1. The molecule has 2 atom stereocenters. The summed E-state index contributed by atoms with van der Waals surface area (Å²) in [5.74, 6) is 0.0754. The van der Waals surface area contributed by atoms with Gasteiger partial charge >= 0.3 is 0 Å². The molecule has 82 valence electrons. The highest BCUT2D eigenvalue weighted by molar-refractivity contribution is 5.81. The molecular formula is C10H20N2O2. The third kappa shape index (κ3) is 2.69. The van der Waals surface area contributed by atoms with Crippen LogP contribution in [0.15, 0.2) is 0 Å². The van der Waals surface area contributed by atoms with Crippen molar-refractivity contribution in [3.63, 3.8) is 0 Å². The Morgan fingerprint density at radius 3 is 2.93 bits per heavy atom. The number of amides is 1. The normalized spacial score (nSPS) is 23.9. The van der Waals surface area contributed by atoms with Gasteiger partial charge in [0.05, 0.1) is 12.1 Å². The third-order valence-electron chi connectivity index (χ3n) is 2.71. The molecule has 1 amide bonds. The highest BCUT2D eigenvalue weighted by Crippen LogP contribution is 2.13. The number of hydrogen-bond donors (Lipinski definition) is 1. The molecule has 2 N–H and O–H groups in total. The van der Waals surface area contributed by atoms with Crippen LogP contribution in [0.2, 0.25) is 0 Å². The van der Waals surface area contributed by atoms with Gasteiger partial charge < -0.3 is 15.4 Å².